The summed E-state index contributed by atoms with van der Waals surface area (Å²) in [5, 5.41) is 6.82. The van der Waals surface area contributed by atoms with Crippen LogP contribution in [0.3, 0.4) is 0 Å². The van der Waals surface area contributed by atoms with Gasteiger partial charge < -0.3 is 10.2 Å². The summed E-state index contributed by atoms with van der Waals surface area (Å²) in [7, 11) is 4.91. The molecule has 0 aliphatic heterocycles. The Morgan fingerprint density at radius 3 is 2.36 bits per heavy atom. The first-order chi connectivity index (χ1) is 10.3. The molecule has 0 saturated heterocycles. The number of hydrogen-bond acceptors (Lipinski definition) is 3. The molecule has 0 aliphatic carbocycles. The van der Waals surface area contributed by atoms with Crippen molar-refractivity contribution in [3.8, 4) is 0 Å². The van der Waals surface area contributed by atoms with Gasteiger partial charge in [0.05, 0.1) is 11.4 Å². The lowest BCUT2D eigenvalue weighted by molar-refractivity contribution is 0.0822. The van der Waals surface area contributed by atoms with Crippen LogP contribution in [0.4, 0.5) is 10.1 Å². The molecule has 0 aliphatic rings. The Hall–Kier alpha value is -2.70. The molecule has 0 radical (unpaired) electrons. The lowest BCUT2D eigenvalue weighted by Crippen LogP contribution is -2.24. The van der Waals surface area contributed by atoms with Crippen LogP contribution in [0, 0.1) is 12.7 Å². The van der Waals surface area contributed by atoms with E-state index in [4.69, 9.17) is 0 Å². The predicted molar refractivity (Wildman–Crippen MR) is 80.3 cm³/mol. The number of nitrogens with zero attached hydrogens (tertiary/aromatic N) is 3. The van der Waals surface area contributed by atoms with Gasteiger partial charge >= 0.3 is 0 Å². The number of carbonyl (C=O) groups is 2. The van der Waals surface area contributed by atoms with Crippen molar-refractivity contribution in [3.63, 3.8) is 0 Å². The zero-order chi connectivity index (χ0) is 16.4. The average molecular weight is 304 g/mol. The number of aryl methyl sites for hydroxylation is 1. The van der Waals surface area contributed by atoms with E-state index in [0.717, 1.165) is 0 Å². The summed E-state index contributed by atoms with van der Waals surface area (Å²) in [6.07, 6.45) is 0. The van der Waals surface area contributed by atoms with Crippen molar-refractivity contribution in [2.24, 2.45) is 7.05 Å². The maximum atomic E-state index is 12.9. The first-order valence-corrected chi connectivity index (χ1v) is 6.63. The Bertz CT molecular complexity index is 720. The molecule has 0 atom stereocenters. The van der Waals surface area contributed by atoms with Crippen molar-refractivity contribution in [3.05, 3.63) is 47.0 Å². The van der Waals surface area contributed by atoms with Crippen molar-refractivity contribution in [2.75, 3.05) is 19.4 Å². The molecule has 2 rings (SSSR count). The minimum absolute atomic E-state index is 0.167. The van der Waals surface area contributed by atoms with E-state index < -0.39 is 11.7 Å². The van der Waals surface area contributed by atoms with E-state index in [1.54, 1.807) is 28.1 Å². The number of hydrogen-bond donors (Lipinski definition) is 1. The lowest BCUT2D eigenvalue weighted by Gasteiger charge is -2.10. The Kier molecular flexibility index (Phi) is 4.25. The summed E-state index contributed by atoms with van der Waals surface area (Å²) in [5.41, 5.74) is 1.48. The maximum absolute atomic E-state index is 12.9. The summed E-state index contributed by atoms with van der Waals surface area (Å²) in [5.74, 6) is -1.15. The van der Waals surface area contributed by atoms with Crippen LogP contribution < -0.4 is 5.32 Å². The normalized spacial score (nSPS) is 10.4. The minimum Gasteiger partial charge on any atom is -0.343 e. The molecule has 22 heavy (non-hydrogen) atoms. The molecule has 1 aromatic carbocycles. The second-order valence-corrected chi connectivity index (χ2v) is 5.09. The number of rotatable bonds is 3. The topological polar surface area (TPSA) is 67.2 Å². The van der Waals surface area contributed by atoms with Crippen LogP contribution in [-0.4, -0.2) is 40.6 Å². The van der Waals surface area contributed by atoms with Gasteiger partial charge in [-0.2, -0.15) is 5.10 Å². The van der Waals surface area contributed by atoms with Gasteiger partial charge in [0.2, 0.25) is 0 Å². The molecule has 6 nitrogen and oxygen atoms in total. The zero-order valence-electron chi connectivity index (χ0n) is 12.8. The standard InChI is InChI=1S/C15H17FN4O2/c1-9-12(13(18-20(9)4)15(22)19(2)3)17-14(21)10-5-7-11(16)8-6-10/h5-8H,1-4H3,(H,17,21). The summed E-state index contributed by atoms with van der Waals surface area (Å²) in [6, 6.07) is 5.17. The first-order valence-electron chi connectivity index (χ1n) is 6.63. The molecule has 2 aromatic rings. The number of benzene rings is 1. The average Bonchev–Trinajstić information content (AvgIpc) is 2.75. The van der Waals surface area contributed by atoms with Crippen LogP contribution >= 0.6 is 0 Å². The van der Waals surface area contributed by atoms with E-state index in [1.807, 2.05) is 0 Å². The van der Waals surface area contributed by atoms with Gasteiger partial charge in [0.25, 0.3) is 11.8 Å². The number of amides is 2. The van der Waals surface area contributed by atoms with E-state index in [0.29, 0.717) is 16.9 Å². The lowest BCUT2D eigenvalue weighted by atomic mass is 10.2. The van der Waals surface area contributed by atoms with Gasteiger partial charge in [-0.1, -0.05) is 0 Å². The van der Waals surface area contributed by atoms with E-state index >= 15 is 0 Å². The molecule has 0 bridgehead atoms. The molecular formula is C15H17FN4O2. The number of nitrogens with one attached hydrogen (secondary N) is 1. The highest BCUT2D eigenvalue weighted by molar-refractivity contribution is 6.08. The SMILES string of the molecule is Cc1c(NC(=O)c2ccc(F)cc2)c(C(=O)N(C)C)nn1C. The van der Waals surface area contributed by atoms with Crippen LogP contribution in [0.2, 0.25) is 0 Å². The summed E-state index contributed by atoms with van der Waals surface area (Å²) in [6.45, 7) is 1.75. The van der Waals surface area contributed by atoms with Crippen molar-refractivity contribution in [1.29, 1.82) is 0 Å². The van der Waals surface area contributed by atoms with Crippen molar-refractivity contribution < 1.29 is 14.0 Å². The Balaban J connectivity index is 2.34. The van der Waals surface area contributed by atoms with Crippen LogP contribution in [-0.2, 0) is 7.05 Å². The van der Waals surface area contributed by atoms with Crippen LogP contribution in [0.25, 0.3) is 0 Å². The largest absolute Gasteiger partial charge is 0.343 e. The number of carbonyl (C=O) groups excluding carboxylic acids is 2. The van der Waals surface area contributed by atoms with E-state index in [2.05, 4.69) is 10.4 Å². The molecule has 116 valence electrons. The van der Waals surface area contributed by atoms with Crippen molar-refractivity contribution >= 4 is 17.5 Å². The fourth-order valence-corrected chi connectivity index (χ4v) is 1.91. The molecule has 0 spiro atoms. The van der Waals surface area contributed by atoms with E-state index in [1.165, 1.54) is 33.8 Å². The first kappa shape index (κ1) is 15.7. The Labute approximate surface area is 127 Å². The fourth-order valence-electron chi connectivity index (χ4n) is 1.91. The van der Waals surface area contributed by atoms with Crippen molar-refractivity contribution in [1.82, 2.24) is 14.7 Å². The molecular weight excluding hydrogens is 287 g/mol. The molecule has 0 saturated carbocycles. The molecule has 0 unspecified atom stereocenters. The van der Waals surface area contributed by atoms with Crippen LogP contribution in [0.15, 0.2) is 24.3 Å². The number of anilines is 1. The van der Waals surface area contributed by atoms with Gasteiger partial charge in [0.15, 0.2) is 5.69 Å². The van der Waals surface area contributed by atoms with Gasteiger partial charge in [-0.15, -0.1) is 0 Å². The molecule has 1 aromatic heterocycles. The third kappa shape index (κ3) is 2.98. The van der Waals surface area contributed by atoms with Crippen LogP contribution in [0.5, 0.6) is 0 Å². The molecule has 1 N–H and O–H groups in total. The van der Waals surface area contributed by atoms with Gasteiger partial charge in [-0.25, -0.2) is 4.39 Å². The second-order valence-electron chi connectivity index (χ2n) is 5.09. The molecule has 0 fully saturated rings. The molecule has 7 heteroatoms. The second kappa shape index (κ2) is 5.97. The third-order valence-electron chi connectivity index (χ3n) is 3.29. The van der Waals surface area contributed by atoms with Crippen LogP contribution in [0.1, 0.15) is 26.5 Å². The van der Waals surface area contributed by atoms with Crippen molar-refractivity contribution in [2.45, 2.75) is 6.92 Å². The molecule has 2 amide bonds. The van der Waals surface area contributed by atoms with E-state index in [-0.39, 0.29) is 11.6 Å². The smallest absolute Gasteiger partial charge is 0.276 e. The highest BCUT2D eigenvalue weighted by Gasteiger charge is 2.23. The summed E-state index contributed by atoms with van der Waals surface area (Å²) >= 11 is 0. The summed E-state index contributed by atoms with van der Waals surface area (Å²) < 4.78 is 14.4. The zero-order valence-corrected chi connectivity index (χ0v) is 12.8. The summed E-state index contributed by atoms with van der Waals surface area (Å²) in [4.78, 5) is 25.8. The van der Waals surface area contributed by atoms with Gasteiger partial charge in [0, 0.05) is 26.7 Å². The highest BCUT2D eigenvalue weighted by atomic mass is 19.1. The van der Waals surface area contributed by atoms with Gasteiger partial charge in [0.1, 0.15) is 5.82 Å². The number of halogens is 1. The Morgan fingerprint density at radius 1 is 1.23 bits per heavy atom. The highest BCUT2D eigenvalue weighted by Crippen LogP contribution is 2.21. The molecule has 1 heterocycles. The quantitative estimate of drug-likeness (QED) is 0.940. The predicted octanol–water partition coefficient (Wildman–Crippen LogP) is 1.82. The minimum atomic E-state index is -0.427. The maximum Gasteiger partial charge on any atom is 0.276 e. The monoisotopic (exact) mass is 304 g/mol. The van der Waals surface area contributed by atoms with E-state index in [9.17, 15) is 14.0 Å². The third-order valence-corrected chi connectivity index (χ3v) is 3.29. The Morgan fingerprint density at radius 2 is 1.82 bits per heavy atom. The van der Waals surface area contributed by atoms with Gasteiger partial charge in [-0.3, -0.25) is 14.3 Å². The number of aromatic nitrogens is 2. The van der Waals surface area contributed by atoms with Gasteiger partial charge in [-0.05, 0) is 31.2 Å². The fraction of sp³-hybridized carbons (Fsp3) is 0.267.